The van der Waals surface area contributed by atoms with E-state index in [1.54, 1.807) is 23.7 Å². The highest BCUT2D eigenvalue weighted by atomic mass is 35.5. The first kappa shape index (κ1) is 21.3. The molecule has 0 saturated heterocycles. The van der Waals surface area contributed by atoms with E-state index in [1.807, 2.05) is 48.5 Å². The van der Waals surface area contributed by atoms with Crippen molar-refractivity contribution in [1.29, 1.82) is 0 Å². The lowest BCUT2D eigenvalue weighted by atomic mass is 9.98. The number of pyridine rings is 1. The first-order chi connectivity index (χ1) is 14.8. The number of nitrogens with one attached hydrogen (secondary N) is 2. The van der Waals surface area contributed by atoms with Crippen LogP contribution >= 0.6 is 22.9 Å². The summed E-state index contributed by atoms with van der Waals surface area (Å²) in [6.07, 6.45) is 3.54. The van der Waals surface area contributed by atoms with Gasteiger partial charge in [0.25, 0.3) is 0 Å². The van der Waals surface area contributed by atoms with Crippen LogP contribution in [0.3, 0.4) is 0 Å². The second-order valence-electron chi connectivity index (χ2n) is 8.30. The van der Waals surface area contributed by atoms with Crippen LogP contribution in [0, 0.1) is 0 Å². The number of rotatable bonds is 4. The zero-order chi connectivity index (χ0) is 22.0. The van der Waals surface area contributed by atoms with E-state index in [0.29, 0.717) is 11.6 Å². The molecule has 0 aliphatic rings. The number of hydrogen-bond acceptors (Lipinski definition) is 4. The van der Waals surface area contributed by atoms with Crippen LogP contribution in [0.1, 0.15) is 30.7 Å². The molecule has 0 fully saturated rings. The molecule has 2 heterocycles. The van der Waals surface area contributed by atoms with Gasteiger partial charge in [0.15, 0.2) is 0 Å². The third kappa shape index (κ3) is 5.03. The van der Waals surface area contributed by atoms with Crippen molar-refractivity contribution in [3.63, 3.8) is 0 Å². The maximum Gasteiger partial charge on any atom is 0.319 e. The Bertz CT molecular complexity index is 1250. The number of thiazole rings is 1. The molecule has 0 spiro atoms. The van der Waals surface area contributed by atoms with Gasteiger partial charge in [0.05, 0.1) is 22.1 Å². The van der Waals surface area contributed by atoms with Crippen LogP contribution in [-0.4, -0.2) is 16.0 Å². The fourth-order valence-corrected chi connectivity index (χ4v) is 4.42. The van der Waals surface area contributed by atoms with Gasteiger partial charge in [-0.15, -0.1) is 11.3 Å². The van der Waals surface area contributed by atoms with Gasteiger partial charge in [-0.2, -0.15) is 0 Å². The number of benzene rings is 2. The first-order valence-electron chi connectivity index (χ1n) is 9.94. The molecular formula is C24H23ClN4OS. The topological polar surface area (TPSA) is 66.9 Å². The van der Waals surface area contributed by atoms with Crippen molar-refractivity contribution < 1.29 is 4.79 Å². The van der Waals surface area contributed by atoms with Crippen molar-refractivity contribution in [2.75, 3.05) is 5.32 Å². The van der Waals surface area contributed by atoms with Gasteiger partial charge in [0.2, 0.25) is 0 Å². The lowest BCUT2D eigenvalue weighted by Gasteiger charge is -2.13. The predicted octanol–water partition coefficient (Wildman–Crippen LogP) is 6.63. The smallest absolute Gasteiger partial charge is 0.319 e. The van der Waals surface area contributed by atoms with Crippen molar-refractivity contribution in [2.24, 2.45) is 0 Å². The zero-order valence-corrected chi connectivity index (χ0v) is 19.1. The molecule has 0 atom stereocenters. The van der Waals surface area contributed by atoms with Gasteiger partial charge >= 0.3 is 6.03 Å². The highest BCUT2D eigenvalue weighted by Gasteiger charge is 2.22. The van der Waals surface area contributed by atoms with Crippen LogP contribution < -0.4 is 10.6 Å². The summed E-state index contributed by atoms with van der Waals surface area (Å²) in [5, 5.41) is 9.59. The SMILES string of the molecule is CC(C)(C)c1nc(-c2cccc(Cl)c2)c(CNC(=O)Nc2ccc3cnccc3c2)s1. The third-order valence-corrected chi connectivity index (χ3v) is 6.46. The first-order valence-corrected chi connectivity index (χ1v) is 11.1. The summed E-state index contributed by atoms with van der Waals surface area (Å²) < 4.78 is 0. The second-order valence-corrected chi connectivity index (χ2v) is 9.82. The Hall–Kier alpha value is -2.96. The molecule has 158 valence electrons. The minimum absolute atomic E-state index is 0.0849. The molecule has 2 N–H and O–H groups in total. The number of aromatic nitrogens is 2. The molecule has 0 aliphatic heterocycles. The van der Waals surface area contributed by atoms with Crippen molar-refractivity contribution in [3.8, 4) is 11.3 Å². The molecule has 4 rings (SSSR count). The number of carbonyl (C=O) groups excluding carboxylic acids is 1. The molecule has 0 bridgehead atoms. The van der Waals surface area contributed by atoms with Crippen molar-refractivity contribution in [3.05, 3.63) is 75.8 Å². The fourth-order valence-electron chi connectivity index (χ4n) is 3.15. The number of fused-ring (bicyclic) bond motifs is 1. The molecule has 2 aromatic heterocycles. The van der Waals surface area contributed by atoms with E-state index in [0.717, 1.165) is 37.6 Å². The molecule has 0 aliphatic carbocycles. The van der Waals surface area contributed by atoms with Crippen molar-refractivity contribution in [2.45, 2.75) is 32.7 Å². The van der Waals surface area contributed by atoms with Gasteiger partial charge in [-0.3, -0.25) is 4.98 Å². The molecule has 7 heteroatoms. The molecule has 5 nitrogen and oxygen atoms in total. The minimum atomic E-state index is -0.267. The van der Waals surface area contributed by atoms with E-state index >= 15 is 0 Å². The Labute approximate surface area is 190 Å². The maximum absolute atomic E-state index is 12.6. The molecule has 4 aromatic rings. The Kier molecular flexibility index (Phi) is 5.94. The molecule has 0 unspecified atom stereocenters. The normalized spacial score (nSPS) is 11.5. The van der Waals surface area contributed by atoms with Crippen LogP contribution in [0.25, 0.3) is 22.0 Å². The number of anilines is 1. The number of urea groups is 1. The van der Waals surface area contributed by atoms with Gasteiger partial charge in [0, 0.05) is 39.5 Å². The van der Waals surface area contributed by atoms with Crippen molar-refractivity contribution >= 4 is 45.4 Å². The van der Waals surface area contributed by atoms with Gasteiger partial charge in [0.1, 0.15) is 0 Å². The van der Waals surface area contributed by atoms with Crippen LogP contribution in [0.15, 0.2) is 60.9 Å². The quantitative estimate of drug-likeness (QED) is 0.366. The predicted molar refractivity (Wildman–Crippen MR) is 129 cm³/mol. The van der Waals surface area contributed by atoms with Crippen molar-refractivity contribution in [1.82, 2.24) is 15.3 Å². The summed E-state index contributed by atoms with van der Waals surface area (Å²) in [6, 6.07) is 15.0. The lowest BCUT2D eigenvalue weighted by molar-refractivity contribution is 0.252. The Morgan fingerprint density at radius 1 is 1.10 bits per heavy atom. The van der Waals surface area contributed by atoms with E-state index in [9.17, 15) is 4.79 Å². The summed E-state index contributed by atoms with van der Waals surface area (Å²) >= 11 is 7.81. The van der Waals surface area contributed by atoms with E-state index in [-0.39, 0.29) is 11.4 Å². The summed E-state index contributed by atoms with van der Waals surface area (Å²) in [7, 11) is 0. The van der Waals surface area contributed by atoms with Crippen LogP contribution in [0.5, 0.6) is 0 Å². The lowest BCUT2D eigenvalue weighted by Crippen LogP contribution is -2.28. The van der Waals surface area contributed by atoms with Crippen LogP contribution in [-0.2, 0) is 12.0 Å². The molecular weight excluding hydrogens is 428 g/mol. The Morgan fingerprint density at radius 2 is 1.94 bits per heavy atom. The standard InChI is InChI=1S/C24H23ClN4OS/c1-24(2,3)22-29-21(16-5-4-6-18(25)11-16)20(31-22)14-27-23(30)28-19-8-7-17-13-26-10-9-15(17)12-19/h4-13H,14H2,1-3H3,(H2,27,28,30). The number of hydrogen-bond donors (Lipinski definition) is 2. The van der Waals surface area contributed by atoms with Crippen LogP contribution in [0.2, 0.25) is 5.02 Å². The summed E-state index contributed by atoms with van der Waals surface area (Å²) in [5.41, 5.74) is 2.44. The summed E-state index contributed by atoms with van der Waals surface area (Å²) in [5.74, 6) is 0. The average Bonchev–Trinajstić information content (AvgIpc) is 3.17. The molecule has 0 radical (unpaired) electrons. The highest BCUT2D eigenvalue weighted by Crippen LogP contribution is 2.35. The van der Waals surface area contributed by atoms with Gasteiger partial charge < -0.3 is 10.6 Å². The van der Waals surface area contributed by atoms with Crippen LogP contribution in [0.4, 0.5) is 10.5 Å². The molecule has 31 heavy (non-hydrogen) atoms. The molecule has 2 amide bonds. The van der Waals surface area contributed by atoms with Gasteiger partial charge in [-0.05, 0) is 35.7 Å². The Balaban J connectivity index is 1.52. The number of nitrogens with zero attached hydrogens (tertiary/aromatic N) is 2. The number of halogens is 1. The third-order valence-electron chi connectivity index (χ3n) is 4.74. The van der Waals surface area contributed by atoms with E-state index < -0.39 is 0 Å². The second kappa shape index (κ2) is 8.65. The fraction of sp³-hybridized carbons (Fsp3) is 0.208. The summed E-state index contributed by atoms with van der Waals surface area (Å²) in [4.78, 5) is 22.5. The number of carbonyl (C=O) groups is 1. The molecule has 2 aromatic carbocycles. The minimum Gasteiger partial charge on any atom is -0.333 e. The highest BCUT2D eigenvalue weighted by molar-refractivity contribution is 7.12. The number of amides is 2. The Morgan fingerprint density at radius 3 is 2.71 bits per heavy atom. The summed E-state index contributed by atoms with van der Waals surface area (Å²) in [6.45, 7) is 6.77. The maximum atomic E-state index is 12.6. The van der Waals surface area contributed by atoms with E-state index in [2.05, 4.69) is 36.4 Å². The van der Waals surface area contributed by atoms with Gasteiger partial charge in [-0.1, -0.05) is 50.6 Å². The van der Waals surface area contributed by atoms with E-state index in [4.69, 9.17) is 16.6 Å². The monoisotopic (exact) mass is 450 g/mol. The molecule has 0 saturated carbocycles. The zero-order valence-electron chi connectivity index (χ0n) is 17.6. The van der Waals surface area contributed by atoms with E-state index in [1.165, 1.54) is 0 Å². The average molecular weight is 451 g/mol. The largest absolute Gasteiger partial charge is 0.333 e. The van der Waals surface area contributed by atoms with Gasteiger partial charge in [-0.25, -0.2) is 9.78 Å².